The summed E-state index contributed by atoms with van der Waals surface area (Å²) in [7, 11) is 0. The zero-order valence-electron chi connectivity index (χ0n) is 18.7. The maximum atomic E-state index is 13.6. The van der Waals surface area contributed by atoms with E-state index in [1.807, 2.05) is 63.2 Å². The van der Waals surface area contributed by atoms with Crippen molar-refractivity contribution < 1.29 is 14.3 Å². The third kappa shape index (κ3) is 2.97. The minimum absolute atomic E-state index is 0.0313. The third-order valence-corrected chi connectivity index (χ3v) is 6.37. The van der Waals surface area contributed by atoms with Gasteiger partial charge in [-0.3, -0.25) is 4.79 Å². The molecular weight excluding hydrogens is 398 g/mol. The van der Waals surface area contributed by atoms with Gasteiger partial charge in [-0.25, -0.2) is 4.79 Å². The van der Waals surface area contributed by atoms with Crippen LogP contribution in [0.15, 0.2) is 78.9 Å². The second-order valence-corrected chi connectivity index (χ2v) is 9.52. The summed E-state index contributed by atoms with van der Waals surface area (Å²) in [5, 5.41) is 0. The summed E-state index contributed by atoms with van der Waals surface area (Å²) in [5.74, 6) is -0.378. The predicted octanol–water partition coefficient (Wildman–Crippen LogP) is 5.29. The van der Waals surface area contributed by atoms with Crippen molar-refractivity contribution in [3.05, 3.63) is 95.6 Å². The first kappa shape index (κ1) is 20.5. The highest BCUT2D eigenvalue weighted by atomic mass is 16.6. The van der Waals surface area contributed by atoms with Crippen LogP contribution in [0.1, 0.15) is 50.3 Å². The first-order valence-corrected chi connectivity index (χ1v) is 11.1. The van der Waals surface area contributed by atoms with Crippen LogP contribution in [0.4, 0.5) is 0 Å². The van der Waals surface area contributed by atoms with E-state index in [2.05, 4.69) is 36.4 Å². The summed E-state index contributed by atoms with van der Waals surface area (Å²) < 4.78 is 5.78. The number of carbonyl (C=O) groups excluding carboxylic acids is 2. The Bertz CT molecular complexity index is 1150. The van der Waals surface area contributed by atoms with Gasteiger partial charge in [0.15, 0.2) is 0 Å². The molecule has 3 aromatic carbocycles. The van der Waals surface area contributed by atoms with E-state index in [4.69, 9.17) is 4.74 Å². The molecule has 0 aromatic heterocycles. The van der Waals surface area contributed by atoms with E-state index >= 15 is 0 Å². The smallest absolute Gasteiger partial charge is 0.329 e. The molecule has 0 N–H and O–H groups in total. The number of fused-ring (bicyclic) bond motifs is 3. The molecule has 1 fully saturated rings. The Morgan fingerprint density at radius 2 is 1.41 bits per heavy atom. The van der Waals surface area contributed by atoms with Gasteiger partial charge in [0.25, 0.3) is 0 Å². The van der Waals surface area contributed by atoms with Gasteiger partial charge >= 0.3 is 5.97 Å². The number of hydrogen-bond donors (Lipinski definition) is 0. The largest absolute Gasteiger partial charge is 0.458 e. The highest BCUT2D eigenvalue weighted by Crippen LogP contribution is 2.56. The summed E-state index contributed by atoms with van der Waals surface area (Å²) in [6, 6.07) is 25.8. The van der Waals surface area contributed by atoms with Crippen LogP contribution in [0.2, 0.25) is 0 Å². The second-order valence-electron chi connectivity index (χ2n) is 9.52. The zero-order chi connectivity index (χ0) is 22.5. The Hall–Kier alpha value is -3.40. The van der Waals surface area contributed by atoms with Crippen molar-refractivity contribution in [2.75, 3.05) is 0 Å². The Morgan fingerprint density at radius 3 is 1.97 bits per heavy atom. The fourth-order valence-corrected chi connectivity index (χ4v) is 5.30. The summed E-state index contributed by atoms with van der Waals surface area (Å²) >= 11 is 0. The van der Waals surface area contributed by atoms with Gasteiger partial charge in [-0.1, -0.05) is 78.9 Å². The Kier molecular flexibility index (Phi) is 4.70. The van der Waals surface area contributed by atoms with Crippen molar-refractivity contribution in [1.82, 2.24) is 4.90 Å². The number of esters is 1. The molecule has 4 nitrogen and oxygen atoms in total. The van der Waals surface area contributed by atoms with Crippen LogP contribution in [0.3, 0.4) is 0 Å². The number of rotatable bonds is 3. The fourth-order valence-electron chi connectivity index (χ4n) is 5.30. The molecule has 5 rings (SSSR count). The standard InChI is InChI=1S/C28H27NO3/c1-27(2,3)32-26(31)24-17-18-25(30)29(24)28(19-11-5-4-6-12-19)22-15-9-7-13-20(22)21-14-8-10-16-23(21)28/h4-16,24H,17-18H2,1-3H3/t24-/m0/s1. The quantitative estimate of drug-likeness (QED) is 0.536. The zero-order valence-corrected chi connectivity index (χ0v) is 18.7. The van der Waals surface area contributed by atoms with Gasteiger partial charge in [-0.15, -0.1) is 0 Å². The molecule has 0 radical (unpaired) electrons. The molecule has 4 heteroatoms. The van der Waals surface area contributed by atoms with Crippen molar-refractivity contribution in [3.63, 3.8) is 0 Å². The number of carbonyl (C=O) groups is 2. The molecular formula is C28H27NO3. The van der Waals surface area contributed by atoms with Crippen molar-refractivity contribution in [2.45, 2.75) is 50.8 Å². The molecule has 0 saturated carbocycles. The van der Waals surface area contributed by atoms with Crippen LogP contribution in [0, 0.1) is 0 Å². The maximum absolute atomic E-state index is 13.6. The Labute approximate surface area is 188 Å². The summed E-state index contributed by atoms with van der Waals surface area (Å²) in [6.07, 6.45) is 0.773. The second kappa shape index (κ2) is 7.33. The molecule has 3 aromatic rings. The summed E-state index contributed by atoms with van der Waals surface area (Å²) in [6.45, 7) is 5.58. The van der Waals surface area contributed by atoms with Crippen LogP contribution < -0.4 is 0 Å². The van der Waals surface area contributed by atoms with E-state index in [9.17, 15) is 9.59 Å². The molecule has 1 amide bonds. The number of ether oxygens (including phenoxy) is 1. The van der Waals surface area contributed by atoms with Crippen molar-refractivity contribution in [1.29, 1.82) is 0 Å². The van der Waals surface area contributed by atoms with Crippen LogP contribution in [0.5, 0.6) is 0 Å². The van der Waals surface area contributed by atoms with E-state index in [0.717, 1.165) is 27.8 Å². The van der Waals surface area contributed by atoms with E-state index in [1.54, 1.807) is 4.90 Å². The molecule has 0 bridgehead atoms. The van der Waals surface area contributed by atoms with Gasteiger partial charge < -0.3 is 9.64 Å². The molecule has 1 heterocycles. The van der Waals surface area contributed by atoms with Crippen molar-refractivity contribution >= 4 is 11.9 Å². The van der Waals surface area contributed by atoms with Crippen molar-refractivity contribution in [3.8, 4) is 11.1 Å². The van der Waals surface area contributed by atoms with Gasteiger partial charge in [0.05, 0.1) is 0 Å². The number of benzene rings is 3. The topological polar surface area (TPSA) is 46.6 Å². The lowest BCUT2D eigenvalue weighted by molar-refractivity contribution is -0.164. The molecule has 32 heavy (non-hydrogen) atoms. The van der Waals surface area contributed by atoms with Crippen LogP contribution in [-0.4, -0.2) is 28.4 Å². The monoisotopic (exact) mass is 425 g/mol. The number of amides is 1. The summed E-state index contributed by atoms with van der Waals surface area (Å²) in [5.41, 5.74) is 3.70. The Balaban J connectivity index is 1.80. The van der Waals surface area contributed by atoms with Gasteiger partial charge in [-0.05, 0) is 55.0 Å². The molecule has 1 aliphatic carbocycles. The molecule has 1 aliphatic heterocycles. The number of nitrogens with zero attached hydrogens (tertiary/aromatic N) is 1. The van der Waals surface area contributed by atoms with Gasteiger partial charge in [-0.2, -0.15) is 0 Å². The minimum Gasteiger partial charge on any atom is -0.458 e. The van der Waals surface area contributed by atoms with E-state index in [0.29, 0.717) is 12.8 Å². The predicted molar refractivity (Wildman–Crippen MR) is 124 cm³/mol. The number of hydrogen-bond acceptors (Lipinski definition) is 3. The summed E-state index contributed by atoms with van der Waals surface area (Å²) in [4.78, 5) is 28.7. The molecule has 162 valence electrons. The first-order chi connectivity index (χ1) is 15.3. The molecule has 0 spiro atoms. The molecule has 2 aliphatic rings. The van der Waals surface area contributed by atoms with Gasteiger partial charge in [0.1, 0.15) is 17.2 Å². The van der Waals surface area contributed by atoms with Crippen LogP contribution in [0.25, 0.3) is 11.1 Å². The SMILES string of the molecule is CC(C)(C)OC(=O)[C@@H]1CCC(=O)N1C1(c2ccccc2)c2ccccc2-c2ccccc21. The lowest BCUT2D eigenvalue weighted by atomic mass is 9.78. The van der Waals surface area contributed by atoms with Crippen LogP contribution in [-0.2, 0) is 19.9 Å². The lowest BCUT2D eigenvalue weighted by Gasteiger charge is -2.44. The first-order valence-electron chi connectivity index (χ1n) is 11.1. The third-order valence-electron chi connectivity index (χ3n) is 6.37. The molecule has 1 atom stereocenters. The van der Waals surface area contributed by atoms with E-state index < -0.39 is 17.2 Å². The maximum Gasteiger partial charge on any atom is 0.329 e. The molecule has 0 unspecified atom stereocenters. The fraction of sp³-hybridized carbons (Fsp3) is 0.286. The number of likely N-dealkylation sites (tertiary alicyclic amines) is 1. The lowest BCUT2D eigenvalue weighted by Crippen LogP contribution is -2.54. The Morgan fingerprint density at radius 1 is 0.875 bits per heavy atom. The average molecular weight is 426 g/mol. The van der Waals surface area contributed by atoms with E-state index in [-0.39, 0.29) is 11.9 Å². The van der Waals surface area contributed by atoms with E-state index in [1.165, 1.54) is 0 Å². The highest BCUT2D eigenvalue weighted by Gasteiger charge is 2.56. The van der Waals surface area contributed by atoms with Gasteiger partial charge in [0.2, 0.25) is 5.91 Å². The van der Waals surface area contributed by atoms with Crippen molar-refractivity contribution in [2.24, 2.45) is 0 Å². The normalized spacial score (nSPS) is 18.9. The van der Waals surface area contributed by atoms with Gasteiger partial charge in [0, 0.05) is 6.42 Å². The molecule has 1 saturated heterocycles. The van der Waals surface area contributed by atoms with Crippen LogP contribution >= 0.6 is 0 Å². The average Bonchev–Trinajstić information content (AvgIpc) is 3.30. The highest BCUT2D eigenvalue weighted by molar-refractivity contribution is 5.93. The minimum atomic E-state index is -0.885.